The van der Waals surface area contributed by atoms with Gasteiger partial charge in [-0.15, -0.1) is 10.2 Å². The molecule has 0 saturated carbocycles. The van der Waals surface area contributed by atoms with Gasteiger partial charge in [0.05, 0.1) is 5.52 Å². The Morgan fingerprint density at radius 1 is 1.20 bits per heavy atom. The molecule has 0 atom stereocenters. The van der Waals surface area contributed by atoms with E-state index in [0.29, 0.717) is 10.9 Å². The van der Waals surface area contributed by atoms with Gasteiger partial charge in [0.1, 0.15) is 0 Å². The molecule has 0 bridgehead atoms. The maximum absolute atomic E-state index is 11.6. The summed E-state index contributed by atoms with van der Waals surface area (Å²) in [5.41, 5.74) is -0.362. The van der Waals surface area contributed by atoms with Crippen LogP contribution in [-0.2, 0) is 0 Å². The lowest BCUT2D eigenvalue weighted by atomic mass is 10.2. The molecule has 0 amide bonds. The van der Waals surface area contributed by atoms with Gasteiger partial charge < -0.3 is 5.11 Å². The van der Waals surface area contributed by atoms with Crippen LogP contribution in [0.25, 0.3) is 10.9 Å². The maximum Gasteiger partial charge on any atom is 0.356 e. The SMILES string of the molecule is O=C(O)c1cc(=O)c2ccccc2nn1. The van der Waals surface area contributed by atoms with Gasteiger partial charge in [-0.3, -0.25) is 4.79 Å². The summed E-state index contributed by atoms with van der Waals surface area (Å²) in [5.74, 6) is -1.26. The average molecular weight is 202 g/mol. The van der Waals surface area contributed by atoms with Crippen molar-refractivity contribution in [1.29, 1.82) is 0 Å². The number of rotatable bonds is 1. The third-order valence-electron chi connectivity index (χ3n) is 1.92. The van der Waals surface area contributed by atoms with E-state index in [2.05, 4.69) is 10.2 Å². The first-order valence-electron chi connectivity index (χ1n) is 4.18. The van der Waals surface area contributed by atoms with Crippen molar-refractivity contribution >= 4 is 16.9 Å². The van der Waals surface area contributed by atoms with Gasteiger partial charge in [0, 0.05) is 11.5 Å². The Bertz CT molecular complexity index is 595. The summed E-state index contributed by atoms with van der Waals surface area (Å²) in [5, 5.41) is 16.2. The highest BCUT2D eigenvalue weighted by Crippen LogP contribution is 2.03. The van der Waals surface area contributed by atoms with Crippen LogP contribution < -0.4 is 5.43 Å². The summed E-state index contributed by atoms with van der Waals surface area (Å²) in [6, 6.07) is 7.55. The minimum atomic E-state index is -1.26. The molecule has 0 spiro atoms. The van der Waals surface area contributed by atoms with Crippen LogP contribution in [0.15, 0.2) is 35.1 Å². The Hall–Kier alpha value is -2.30. The number of fused-ring (bicyclic) bond motifs is 1. The quantitative estimate of drug-likeness (QED) is 0.735. The summed E-state index contributed by atoms with van der Waals surface area (Å²) >= 11 is 0. The van der Waals surface area contributed by atoms with Crippen molar-refractivity contribution in [2.75, 3.05) is 0 Å². The second-order valence-electron chi connectivity index (χ2n) is 2.92. The number of carbonyl (C=O) groups is 1. The predicted molar refractivity (Wildman–Crippen MR) is 52.8 cm³/mol. The van der Waals surface area contributed by atoms with E-state index < -0.39 is 11.4 Å². The molecule has 0 saturated heterocycles. The lowest BCUT2D eigenvalue weighted by molar-refractivity contribution is 0.0689. The molecule has 0 aliphatic heterocycles. The van der Waals surface area contributed by atoms with Crippen LogP contribution in [0.3, 0.4) is 0 Å². The molecular weight excluding hydrogens is 196 g/mol. The topological polar surface area (TPSA) is 80.1 Å². The fourth-order valence-corrected chi connectivity index (χ4v) is 1.21. The van der Waals surface area contributed by atoms with Crippen LogP contribution in [-0.4, -0.2) is 21.3 Å². The normalized spacial score (nSPS) is 10.1. The van der Waals surface area contributed by atoms with Crippen LogP contribution in [0.1, 0.15) is 10.5 Å². The lowest BCUT2D eigenvalue weighted by Crippen LogP contribution is -2.03. The Morgan fingerprint density at radius 2 is 1.93 bits per heavy atom. The number of carboxylic acids is 1. The molecular formula is C10H6N2O3. The van der Waals surface area contributed by atoms with Crippen molar-refractivity contribution in [3.8, 4) is 0 Å². The molecule has 2 rings (SSSR count). The molecule has 15 heavy (non-hydrogen) atoms. The van der Waals surface area contributed by atoms with E-state index in [9.17, 15) is 9.59 Å². The van der Waals surface area contributed by atoms with Gasteiger partial charge in [0.2, 0.25) is 0 Å². The summed E-state index contributed by atoms with van der Waals surface area (Å²) < 4.78 is 0. The number of nitrogens with zero attached hydrogens (tertiary/aromatic N) is 2. The fourth-order valence-electron chi connectivity index (χ4n) is 1.21. The lowest BCUT2D eigenvalue weighted by Gasteiger charge is -1.84. The van der Waals surface area contributed by atoms with Gasteiger partial charge in [-0.1, -0.05) is 12.1 Å². The van der Waals surface area contributed by atoms with Gasteiger partial charge in [-0.25, -0.2) is 4.79 Å². The van der Waals surface area contributed by atoms with Crippen molar-refractivity contribution in [1.82, 2.24) is 10.2 Å². The number of hydrogen-bond donors (Lipinski definition) is 1. The molecule has 5 heteroatoms. The van der Waals surface area contributed by atoms with Crippen molar-refractivity contribution in [2.24, 2.45) is 0 Å². The Morgan fingerprint density at radius 3 is 2.67 bits per heavy atom. The number of aromatic nitrogens is 2. The molecule has 0 radical (unpaired) electrons. The van der Waals surface area contributed by atoms with Crippen molar-refractivity contribution in [3.63, 3.8) is 0 Å². The second kappa shape index (κ2) is 3.45. The first kappa shape index (κ1) is 9.26. The van der Waals surface area contributed by atoms with Gasteiger partial charge in [0.25, 0.3) is 0 Å². The minimum Gasteiger partial charge on any atom is -0.476 e. The van der Waals surface area contributed by atoms with Gasteiger partial charge in [-0.2, -0.15) is 0 Å². The standard InChI is InChI=1S/C10H6N2O3/c13-9-5-8(10(14)15)12-11-7-4-2-1-3-6(7)9/h1-5H,(H,14,15). The van der Waals surface area contributed by atoms with Crippen molar-refractivity contribution in [3.05, 3.63) is 46.2 Å². The van der Waals surface area contributed by atoms with E-state index in [4.69, 9.17) is 5.11 Å². The van der Waals surface area contributed by atoms with Crippen LogP contribution in [0.5, 0.6) is 0 Å². The Labute approximate surface area is 84.0 Å². The third kappa shape index (κ3) is 1.67. The molecule has 1 aromatic heterocycles. The Kier molecular flexibility index (Phi) is 2.13. The van der Waals surface area contributed by atoms with Gasteiger partial charge in [-0.05, 0) is 12.1 Å². The molecule has 0 aliphatic rings. The predicted octanol–water partition coefficient (Wildman–Crippen LogP) is 0.688. The van der Waals surface area contributed by atoms with Crippen LogP contribution in [0.2, 0.25) is 0 Å². The molecule has 0 fully saturated rings. The van der Waals surface area contributed by atoms with E-state index in [1.54, 1.807) is 24.3 Å². The van der Waals surface area contributed by atoms with Crippen LogP contribution >= 0.6 is 0 Å². The highest BCUT2D eigenvalue weighted by molar-refractivity contribution is 5.86. The summed E-state index contributed by atoms with van der Waals surface area (Å²) in [6.45, 7) is 0. The van der Waals surface area contributed by atoms with E-state index in [0.717, 1.165) is 6.07 Å². The number of benzene rings is 1. The van der Waals surface area contributed by atoms with Crippen LogP contribution in [0, 0.1) is 0 Å². The zero-order valence-electron chi connectivity index (χ0n) is 7.54. The molecule has 0 unspecified atom stereocenters. The number of hydrogen-bond acceptors (Lipinski definition) is 4. The largest absolute Gasteiger partial charge is 0.476 e. The summed E-state index contributed by atoms with van der Waals surface area (Å²) in [6.07, 6.45) is 0. The smallest absolute Gasteiger partial charge is 0.356 e. The zero-order chi connectivity index (χ0) is 10.8. The summed E-state index contributed by atoms with van der Waals surface area (Å²) in [7, 11) is 0. The highest BCUT2D eigenvalue weighted by atomic mass is 16.4. The van der Waals surface area contributed by atoms with Gasteiger partial charge >= 0.3 is 5.97 Å². The van der Waals surface area contributed by atoms with Gasteiger partial charge in [0.15, 0.2) is 11.1 Å². The van der Waals surface area contributed by atoms with E-state index in [1.165, 1.54) is 0 Å². The summed E-state index contributed by atoms with van der Waals surface area (Å²) in [4.78, 5) is 22.2. The third-order valence-corrected chi connectivity index (χ3v) is 1.92. The number of carboxylic acid groups (broad SMARTS) is 1. The first-order valence-corrected chi connectivity index (χ1v) is 4.18. The molecule has 1 heterocycles. The second-order valence-corrected chi connectivity index (χ2v) is 2.92. The molecule has 2 aromatic rings. The van der Waals surface area contributed by atoms with E-state index in [-0.39, 0.29) is 5.69 Å². The van der Waals surface area contributed by atoms with Crippen molar-refractivity contribution < 1.29 is 9.90 Å². The monoisotopic (exact) mass is 202 g/mol. The Balaban J connectivity index is 2.90. The molecule has 0 aliphatic carbocycles. The van der Waals surface area contributed by atoms with E-state index in [1.807, 2.05) is 0 Å². The zero-order valence-corrected chi connectivity index (χ0v) is 7.54. The highest BCUT2D eigenvalue weighted by Gasteiger charge is 2.06. The minimum absolute atomic E-state index is 0.351. The molecule has 1 aromatic carbocycles. The number of aromatic carboxylic acids is 1. The molecule has 1 N–H and O–H groups in total. The molecule has 5 nitrogen and oxygen atoms in total. The van der Waals surface area contributed by atoms with Crippen LogP contribution in [0.4, 0.5) is 0 Å². The maximum atomic E-state index is 11.6. The molecule has 74 valence electrons. The van der Waals surface area contributed by atoms with Crippen molar-refractivity contribution in [2.45, 2.75) is 0 Å². The fraction of sp³-hybridized carbons (Fsp3) is 0. The van der Waals surface area contributed by atoms with E-state index >= 15 is 0 Å². The first-order chi connectivity index (χ1) is 7.18. The average Bonchev–Trinajstić information content (AvgIpc) is 2.39.